The Hall–Kier alpha value is -2.42. The maximum absolute atomic E-state index is 13.2. The van der Waals surface area contributed by atoms with Gasteiger partial charge in [0, 0.05) is 12.0 Å². The van der Waals surface area contributed by atoms with E-state index in [1.54, 1.807) is 18.2 Å². The van der Waals surface area contributed by atoms with Crippen LogP contribution in [0.15, 0.2) is 65.9 Å². The summed E-state index contributed by atoms with van der Waals surface area (Å²) in [6.07, 6.45) is -7.23. The Morgan fingerprint density at radius 2 is 1.29 bits per heavy atom. The summed E-state index contributed by atoms with van der Waals surface area (Å²) in [5.74, 6) is -0.824. The van der Waals surface area contributed by atoms with E-state index in [1.165, 1.54) is 36.4 Å². The highest BCUT2D eigenvalue weighted by Crippen LogP contribution is 2.18. The van der Waals surface area contributed by atoms with Crippen LogP contribution < -0.4 is 0 Å². The van der Waals surface area contributed by atoms with Crippen LogP contribution in [-0.2, 0) is 12.8 Å². The van der Waals surface area contributed by atoms with Gasteiger partial charge in [0.15, 0.2) is 0 Å². The lowest BCUT2D eigenvalue weighted by Gasteiger charge is -2.29. The molecule has 0 saturated heterocycles. The summed E-state index contributed by atoms with van der Waals surface area (Å²) in [5.41, 5.74) is 4.35. The number of hydrogen-bond acceptors (Lipinski definition) is 6. The molecule has 6 nitrogen and oxygen atoms in total. The minimum Gasteiger partial charge on any atom is -0.394 e. The third-order valence-electron chi connectivity index (χ3n) is 4.81. The number of benzene rings is 2. The number of aliphatic hydroxyl groups excluding tert-OH is 6. The number of hydrogen-bond donors (Lipinski definition) is 6. The molecule has 0 aromatic heterocycles. The van der Waals surface area contributed by atoms with E-state index in [9.17, 15) is 34.3 Å². The zero-order chi connectivity index (χ0) is 23.0. The first-order chi connectivity index (χ1) is 14.7. The third-order valence-corrected chi connectivity index (χ3v) is 4.81. The molecule has 0 saturated carbocycles. The van der Waals surface area contributed by atoms with Gasteiger partial charge in [0.25, 0.3) is 0 Å². The molecule has 6 N–H and O–H groups in total. The molecule has 2 aromatic rings. The summed E-state index contributed by atoms with van der Waals surface area (Å²) in [6, 6.07) is 11.2. The predicted molar refractivity (Wildman–Crippen MR) is 109 cm³/mol. The maximum atomic E-state index is 13.2. The smallest absolute Gasteiger partial charge is 0.123 e. The van der Waals surface area contributed by atoms with Crippen LogP contribution in [0.4, 0.5) is 8.78 Å². The number of rotatable bonds is 10. The van der Waals surface area contributed by atoms with Crippen LogP contribution in [0.25, 0.3) is 0 Å². The second kappa shape index (κ2) is 11.8. The van der Waals surface area contributed by atoms with Gasteiger partial charge in [0.05, 0.1) is 6.61 Å². The van der Waals surface area contributed by atoms with E-state index >= 15 is 0 Å². The quantitative estimate of drug-likeness (QED) is 0.304. The van der Waals surface area contributed by atoms with Crippen molar-refractivity contribution in [1.29, 1.82) is 0 Å². The average Bonchev–Trinajstić information content (AvgIpc) is 2.78. The topological polar surface area (TPSA) is 121 Å². The fourth-order valence-electron chi connectivity index (χ4n) is 2.91. The van der Waals surface area contributed by atoms with E-state index in [0.29, 0.717) is 12.0 Å². The Labute approximate surface area is 178 Å². The summed E-state index contributed by atoms with van der Waals surface area (Å²) < 4.78 is 26.2. The molecule has 0 amide bonds. The van der Waals surface area contributed by atoms with Crippen molar-refractivity contribution in [2.75, 3.05) is 6.61 Å². The molecular formula is C23H26F2O6. The molecule has 2 aromatic carbocycles. The second-order valence-corrected chi connectivity index (χ2v) is 7.17. The zero-order valence-electron chi connectivity index (χ0n) is 16.6. The lowest BCUT2D eigenvalue weighted by molar-refractivity contribution is -0.134. The monoisotopic (exact) mass is 436 g/mol. The molecule has 168 valence electrons. The molecule has 0 heterocycles. The average molecular weight is 436 g/mol. The van der Waals surface area contributed by atoms with Crippen LogP contribution in [0.1, 0.15) is 11.1 Å². The molecule has 31 heavy (non-hydrogen) atoms. The Kier molecular flexibility index (Phi) is 9.48. The standard InChI is InChI=1S/C23H26F2O6/c24-17-8-4-14(5-9-17)2-1-3-16(12-15-6-10-18(25)11-7-15)20(28)22(30)23(31)21(29)19(27)13-26/h1,4-11,19-23,26-31H,2,12-13H2/t3?,19-,20?,21+,22+,23-/m0/s1. The normalized spacial score (nSPS) is 16.0. The summed E-state index contributed by atoms with van der Waals surface area (Å²) in [5, 5.41) is 59.2. The minimum absolute atomic E-state index is 0.0454. The Bertz CT molecular complexity index is 878. The van der Waals surface area contributed by atoms with Gasteiger partial charge in [-0.25, -0.2) is 8.78 Å². The van der Waals surface area contributed by atoms with Gasteiger partial charge in [-0.3, -0.25) is 0 Å². The van der Waals surface area contributed by atoms with Crippen LogP contribution in [0, 0.1) is 11.6 Å². The lowest BCUT2D eigenvalue weighted by Crippen LogP contribution is -2.50. The van der Waals surface area contributed by atoms with Gasteiger partial charge in [0.2, 0.25) is 0 Å². The maximum Gasteiger partial charge on any atom is 0.123 e. The van der Waals surface area contributed by atoms with Crippen LogP contribution >= 0.6 is 0 Å². The highest BCUT2D eigenvalue weighted by Gasteiger charge is 2.35. The van der Waals surface area contributed by atoms with Crippen molar-refractivity contribution in [2.45, 2.75) is 43.4 Å². The third kappa shape index (κ3) is 7.34. The first-order valence-corrected chi connectivity index (χ1v) is 9.67. The van der Waals surface area contributed by atoms with Gasteiger partial charge >= 0.3 is 0 Å². The van der Waals surface area contributed by atoms with Gasteiger partial charge in [0.1, 0.15) is 42.2 Å². The fraction of sp³-hybridized carbons (Fsp3) is 0.348. The summed E-state index contributed by atoms with van der Waals surface area (Å²) >= 11 is 0. The molecule has 5 atom stereocenters. The fourth-order valence-corrected chi connectivity index (χ4v) is 2.91. The Morgan fingerprint density at radius 3 is 1.81 bits per heavy atom. The van der Waals surface area contributed by atoms with Gasteiger partial charge in [-0.15, -0.1) is 5.73 Å². The van der Waals surface area contributed by atoms with Crippen LogP contribution in [0.5, 0.6) is 0 Å². The molecule has 0 aliphatic carbocycles. The van der Waals surface area contributed by atoms with E-state index in [4.69, 9.17) is 5.11 Å². The van der Waals surface area contributed by atoms with Gasteiger partial charge < -0.3 is 30.6 Å². The first-order valence-electron chi connectivity index (χ1n) is 9.67. The van der Waals surface area contributed by atoms with Crippen molar-refractivity contribution >= 4 is 0 Å². The summed E-state index contributed by atoms with van der Waals surface area (Å²) in [4.78, 5) is 0. The van der Waals surface area contributed by atoms with E-state index in [2.05, 4.69) is 5.73 Å². The van der Waals surface area contributed by atoms with Crippen molar-refractivity contribution in [3.63, 3.8) is 0 Å². The largest absolute Gasteiger partial charge is 0.394 e. The first kappa shape index (κ1) is 24.8. The molecule has 0 spiro atoms. The van der Waals surface area contributed by atoms with E-state index in [1.807, 2.05) is 0 Å². The van der Waals surface area contributed by atoms with Crippen molar-refractivity contribution in [3.8, 4) is 0 Å². The number of halogens is 2. The van der Waals surface area contributed by atoms with Gasteiger partial charge in [-0.05, 0) is 47.9 Å². The molecule has 0 aliphatic heterocycles. The Morgan fingerprint density at radius 1 is 0.774 bits per heavy atom. The molecular weight excluding hydrogens is 410 g/mol. The summed E-state index contributed by atoms with van der Waals surface area (Å²) in [7, 11) is 0. The van der Waals surface area contributed by atoms with Crippen molar-refractivity contribution < 1.29 is 39.4 Å². The van der Waals surface area contributed by atoms with Crippen LogP contribution in [0.2, 0.25) is 0 Å². The van der Waals surface area contributed by atoms with Crippen molar-refractivity contribution in [3.05, 3.63) is 88.7 Å². The van der Waals surface area contributed by atoms with Crippen LogP contribution in [-0.4, -0.2) is 67.8 Å². The predicted octanol–water partition coefficient (Wildman–Crippen LogP) is 0.628. The van der Waals surface area contributed by atoms with E-state index in [-0.39, 0.29) is 17.8 Å². The SMILES string of the molecule is OC[C@H](O)[C@@H](O)[C@H](O)[C@H](O)C(O)C(=C=CCc1ccc(F)cc1)Cc1ccc(F)cc1. The van der Waals surface area contributed by atoms with E-state index < -0.39 is 42.9 Å². The second-order valence-electron chi connectivity index (χ2n) is 7.17. The lowest BCUT2D eigenvalue weighted by atomic mass is 9.92. The van der Waals surface area contributed by atoms with Gasteiger partial charge in [-0.1, -0.05) is 24.3 Å². The van der Waals surface area contributed by atoms with E-state index in [0.717, 1.165) is 5.56 Å². The zero-order valence-corrected chi connectivity index (χ0v) is 16.6. The minimum atomic E-state index is -1.96. The molecule has 0 aliphatic rings. The summed E-state index contributed by atoms with van der Waals surface area (Å²) in [6.45, 7) is -0.850. The molecule has 0 fully saturated rings. The molecule has 0 radical (unpaired) electrons. The highest BCUT2D eigenvalue weighted by molar-refractivity contribution is 5.26. The molecule has 0 bridgehead atoms. The number of aliphatic hydroxyl groups is 6. The van der Waals surface area contributed by atoms with Crippen molar-refractivity contribution in [2.24, 2.45) is 0 Å². The van der Waals surface area contributed by atoms with Crippen LogP contribution in [0.3, 0.4) is 0 Å². The molecule has 1 unspecified atom stereocenters. The highest BCUT2D eigenvalue weighted by atomic mass is 19.1. The molecule has 2 rings (SSSR count). The van der Waals surface area contributed by atoms with Crippen molar-refractivity contribution in [1.82, 2.24) is 0 Å². The Balaban J connectivity index is 2.27. The van der Waals surface area contributed by atoms with Gasteiger partial charge in [-0.2, -0.15) is 0 Å². The molecule has 8 heteroatoms.